The second-order valence-electron chi connectivity index (χ2n) is 4.54. The van der Waals surface area contributed by atoms with Gasteiger partial charge in [0.1, 0.15) is 11.6 Å². The van der Waals surface area contributed by atoms with E-state index in [9.17, 15) is 8.78 Å². The highest BCUT2D eigenvalue weighted by atomic mass is 19.1. The van der Waals surface area contributed by atoms with Gasteiger partial charge in [0.05, 0.1) is 5.69 Å². The largest absolute Gasteiger partial charge is 0.252 e. The van der Waals surface area contributed by atoms with Crippen LogP contribution in [0.5, 0.6) is 0 Å². The molecule has 0 aliphatic carbocycles. The first-order valence-corrected chi connectivity index (χ1v) is 5.81. The van der Waals surface area contributed by atoms with Crippen LogP contribution in [0.15, 0.2) is 18.2 Å². The van der Waals surface area contributed by atoms with Gasteiger partial charge in [-0.2, -0.15) is 0 Å². The molecule has 2 aromatic rings. The van der Waals surface area contributed by atoms with Crippen LogP contribution in [0.1, 0.15) is 22.4 Å². The van der Waals surface area contributed by atoms with Crippen molar-refractivity contribution in [3.63, 3.8) is 0 Å². The molecule has 1 heterocycles. The van der Waals surface area contributed by atoms with E-state index in [1.54, 1.807) is 0 Å². The van der Waals surface area contributed by atoms with Crippen LogP contribution in [0.25, 0.3) is 11.3 Å². The lowest BCUT2D eigenvalue weighted by atomic mass is 9.98. The summed E-state index contributed by atoms with van der Waals surface area (Å²) in [5.41, 5.74) is 4.95. The summed E-state index contributed by atoms with van der Waals surface area (Å²) in [4.78, 5) is 4.43. The molecule has 0 fully saturated rings. The van der Waals surface area contributed by atoms with Crippen molar-refractivity contribution in [1.29, 1.82) is 0 Å². The molecule has 1 aromatic heterocycles. The van der Waals surface area contributed by atoms with Crippen molar-refractivity contribution >= 4 is 0 Å². The molecule has 2 rings (SSSR count). The molecule has 0 aliphatic heterocycles. The Morgan fingerprint density at radius 2 is 1.56 bits per heavy atom. The summed E-state index contributed by atoms with van der Waals surface area (Å²) in [7, 11) is 0. The van der Waals surface area contributed by atoms with Crippen molar-refractivity contribution < 1.29 is 8.78 Å². The van der Waals surface area contributed by atoms with Gasteiger partial charge in [0.25, 0.3) is 0 Å². The molecule has 0 saturated heterocycles. The standard InChI is InChI=1S/C15H15F2N/c1-8-9(2)11(4)18-15(10(8)3)13-6-5-12(16)7-14(13)17/h5-7H,1-4H3. The van der Waals surface area contributed by atoms with Crippen molar-refractivity contribution in [3.05, 3.63) is 52.2 Å². The van der Waals surface area contributed by atoms with Gasteiger partial charge in [0.15, 0.2) is 0 Å². The topological polar surface area (TPSA) is 12.9 Å². The average molecular weight is 247 g/mol. The van der Waals surface area contributed by atoms with Gasteiger partial charge in [-0.3, -0.25) is 4.98 Å². The summed E-state index contributed by atoms with van der Waals surface area (Å²) >= 11 is 0. The van der Waals surface area contributed by atoms with Gasteiger partial charge in [0.2, 0.25) is 0 Å². The molecule has 18 heavy (non-hydrogen) atoms. The van der Waals surface area contributed by atoms with Crippen molar-refractivity contribution in [2.45, 2.75) is 27.7 Å². The normalized spacial score (nSPS) is 10.8. The summed E-state index contributed by atoms with van der Waals surface area (Å²) in [6.45, 7) is 7.79. The summed E-state index contributed by atoms with van der Waals surface area (Å²) in [6, 6.07) is 3.58. The van der Waals surface area contributed by atoms with Crippen LogP contribution in [-0.4, -0.2) is 4.98 Å². The van der Waals surface area contributed by atoms with Crippen LogP contribution in [-0.2, 0) is 0 Å². The smallest absolute Gasteiger partial charge is 0.135 e. The van der Waals surface area contributed by atoms with E-state index in [4.69, 9.17) is 0 Å². The van der Waals surface area contributed by atoms with Gasteiger partial charge < -0.3 is 0 Å². The first-order valence-electron chi connectivity index (χ1n) is 5.81. The molecule has 0 unspecified atom stereocenters. The minimum atomic E-state index is -0.576. The predicted octanol–water partition coefficient (Wildman–Crippen LogP) is 4.26. The molecule has 0 N–H and O–H groups in total. The Kier molecular flexibility index (Phi) is 3.16. The number of hydrogen-bond acceptors (Lipinski definition) is 1. The Labute approximate surface area is 105 Å². The molecule has 94 valence electrons. The van der Waals surface area contributed by atoms with E-state index in [0.29, 0.717) is 11.3 Å². The van der Waals surface area contributed by atoms with Gasteiger partial charge in [-0.05, 0) is 56.5 Å². The van der Waals surface area contributed by atoms with Crippen LogP contribution in [0.2, 0.25) is 0 Å². The molecule has 0 radical (unpaired) electrons. The van der Waals surface area contributed by atoms with Gasteiger partial charge in [-0.25, -0.2) is 8.78 Å². The maximum Gasteiger partial charge on any atom is 0.135 e. The molecule has 0 bridgehead atoms. The summed E-state index contributed by atoms with van der Waals surface area (Å²) in [5.74, 6) is -1.15. The number of aryl methyl sites for hydroxylation is 1. The van der Waals surface area contributed by atoms with Crippen LogP contribution in [0.4, 0.5) is 8.78 Å². The zero-order chi connectivity index (χ0) is 13.4. The zero-order valence-electron chi connectivity index (χ0n) is 10.9. The average Bonchev–Trinajstić information content (AvgIpc) is 2.32. The van der Waals surface area contributed by atoms with E-state index in [-0.39, 0.29) is 0 Å². The summed E-state index contributed by atoms with van der Waals surface area (Å²) in [5, 5.41) is 0. The highest BCUT2D eigenvalue weighted by molar-refractivity contribution is 5.66. The van der Waals surface area contributed by atoms with Crippen molar-refractivity contribution in [1.82, 2.24) is 4.98 Å². The third kappa shape index (κ3) is 2.01. The molecule has 0 spiro atoms. The third-order valence-electron chi connectivity index (χ3n) is 3.49. The van der Waals surface area contributed by atoms with Gasteiger partial charge >= 0.3 is 0 Å². The van der Waals surface area contributed by atoms with Crippen LogP contribution >= 0.6 is 0 Å². The number of benzene rings is 1. The molecular weight excluding hydrogens is 232 g/mol. The van der Waals surface area contributed by atoms with Crippen LogP contribution < -0.4 is 0 Å². The summed E-state index contributed by atoms with van der Waals surface area (Å²) < 4.78 is 26.7. The van der Waals surface area contributed by atoms with Crippen LogP contribution in [0, 0.1) is 39.3 Å². The number of aromatic nitrogens is 1. The number of hydrogen-bond donors (Lipinski definition) is 0. The fourth-order valence-electron chi connectivity index (χ4n) is 2.01. The van der Waals surface area contributed by atoms with Crippen molar-refractivity contribution in [2.24, 2.45) is 0 Å². The minimum Gasteiger partial charge on any atom is -0.252 e. The Bertz CT molecular complexity index is 618. The molecule has 0 saturated carbocycles. The highest BCUT2D eigenvalue weighted by Crippen LogP contribution is 2.28. The van der Waals surface area contributed by atoms with E-state index in [2.05, 4.69) is 4.98 Å². The monoisotopic (exact) mass is 247 g/mol. The molecule has 3 heteroatoms. The molecular formula is C15H15F2N. The lowest BCUT2D eigenvalue weighted by Gasteiger charge is -2.13. The van der Waals surface area contributed by atoms with E-state index >= 15 is 0 Å². The van der Waals surface area contributed by atoms with Crippen molar-refractivity contribution in [3.8, 4) is 11.3 Å². The number of pyridine rings is 1. The fourth-order valence-corrected chi connectivity index (χ4v) is 2.01. The second-order valence-corrected chi connectivity index (χ2v) is 4.54. The lowest BCUT2D eigenvalue weighted by molar-refractivity contribution is 0.585. The number of rotatable bonds is 1. The van der Waals surface area contributed by atoms with Crippen LogP contribution in [0.3, 0.4) is 0 Å². The first-order chi connectivity index (χ1) is 8.41. The van der Waals surface area contributed by atoms with Gasteiger partial charge in [0, 0.05) is 17.3 Å². The number of nitrogens with zero attached hydrogens (tertiary/aromatic N) is 1. The maximum atomic E-state index is 13.8. The van der Waals surface area contributed by atoms with E-state index in [0.717, 1.165) is 28.5 Å². The Hall–Kier alpha value is -1.77. The maximum absolute atomic E-state index is 13.8. The zero-order valence-corrected chi connectivity index (χ0v) is 10.9. The highest BCUT2D eigenvalue weighted by Gasteiger charge is 2.14. The third-order valence-corrected chi connectivity index (χ3v) is 3.49. The Morgan fingerprint density at radius 3 is 2.17 bits per heavy atom. The SMILES string of the molecule is Cc1nc(-c2ccc(F)cc2F)c(C)c(C)c1C. The quantitative estimate of drug-likeness (QED) is 0.733. The minimum absolute atomic E-state index is 0.347. The van der Waals surface area contributed by atoms with Gasteiger partial charge in [-0.1, -0.05) is 0 Å². The first kappa shape index (κ1) is 12.7. The van der Waals surface area contributed by atoms with Crippen molar-refractivity contribution in [2.75, 3.05) is 0 Å². The fraction of sp³-hybridized carbons (Fsp3) is 0.267. The molecule has 1 aromatic carbocycles. The van der Waals surface area contributed by atoms with E-state index in [1.165, 1.54) is 12.1 Å². The lowest BCUT2D eigenvalue weighted by Crippen LogP contribution is -2.00. The summed E-state index contributed by atoms with van der Waals surface area (Å²) in [6.07, 6.45) is 0. The predicted molar refractivity (Wildman–Crippen MR) is 68.5 cm³/mol. The van der Waals surface area contributed by atoms with Gasteiger partial charge in [-0.15, -0.1) is 0 Å². The molecule has 0 amide bonds. The number of halogens is 2. The second kappa shape index (κ2) is 4.48. The van der Waals surface area contributed by atoms with E-state index < -0.39 is 11.6 Å². The molecule has 1 nitrogen and oxygen atoms in total. The Balaban J connectivity index is 2.72. The molecule has 0 aliphatic rings. The molecule has 0 atom stereocenters. The van der Waals surface area contributed by atoms with E-state index in [1.807, 2.05) is 27.7 Å². The Morgan fingerprint density at radius 1 is 0.889 bits per heavy atom.